The number of aliphatic carboxylic acids is 1. The number of rotatable bonds is 2. The van der Waals surface area contributed by atoms with Crippen LogP contribution in [-0.2, 0) is 14.3 Å². The van der Waals surface area contributed by atoms with Gasteiger partial charge in [0.1, 0.15) is 0 Å². The second kappa shape index (κ2) is 6.38. The molecule has 0 aromatic heterocycles. The van der Waals surface area contributed by atoms with Crippen LogP contribution in [0, 0.1) is 0 Å². The van der Waals surface area contributed by atoms with E-state index in [0.29, 0.717) is 10.8 Å². The molecule has 1 aliphatic carbocycles. The van der Waals surface area contributed by atoms with Gasteiger partial charge in [-0.25, -0.2) is 4.79 Å². The molecule has 2 aliphatic rings. The van der Waals surface area contributed by atoms with Crippen LogP contribution in [0.1, 0.15) is 41.0 Å². The first kappa shape index (κ1) is 18.1. The molecule has 4 rings (SSSR count). The van der Waals surface area contributed by atoms with Gasteiger partial charge in [0.2, 0.25) is 0 Å². The minimum Gasteiger partial charge on any atom is -0.479 e. The molecule has 2 aromatic rings. The number of ketones is 2. The first-order valence-corrected chi connectivity index (χ1v) is 8.74. The monoisotopic (exact) mass is 380 g/mol. The van der Waals surface area contributed by atoms with E-state index < -0.39 is 35.7 Å². The largest absolute Gasteiger partial charge is 0.479 e. The molecule has 0 saturated heterocycles. The van der Waals surface area contributed by atoms with Gasteiger partial charge in [0.25, 0.3) is 0 Å². The fourth-order valence-electron chi connectivity index (χ4n) is 3.85. The van der Waals surface area contributed by atoms with Crippen LogP contribution >= 0.6 is 0 Å². The molecule has 28 heavy (non-hydrogen) atoms. The first-order chi connectivity index (χ1) is 13.3. The van der Waals surface area contributed by atoms with E-state index in [1.54, 1.807) is 30.3 Å². The van der Waals surface area contributed by atoms with Crippen LogP contribution in [0.3, 0.4) is 0 Å². The average Bonchev–Trinajstić information content (AvgIpc) is 2.64. The maximum absolute atomic E-state index is 13.3. The van der Waals surface area contributed by atoms with Crippen LogP contribution < -0.4 is 4.74 Å². The fraction of sp³-hybridized carbons (Fsp3) is 0.238. The number of Topliss-reactive ketones (excluding diaryl/α,β-unsaturated/α-hetero) is 2. The van der Waals surface area contributed by atoms with Gasteiger partial charge in [-0.05, 0) is 18.4 Å². The Morgan fingerprint density at radius 3 is 2.57 bits per heavy atom. The molecular formula is C21H16O7. The zero-order valence-electron chi connectivity index (χ0n) is 15.1. The summed E-state index contributed by atoms with van der Waals surface area (Å²) in [5.41, 5.74) is 0.394. The summed E-state index contributed by atoms with van der Waals surface area (Å²) in [6.45, 7) is 2.75. The van der Waals surface area contributed by atoms with Gasteiger partial charge in [-0.2, -0.15) is 0 Å². The molecule has 0 spiro atoms. The lowest BCUT2D eigenvalue weighted by Crippen LogP contribution is -2.40. The van der Waals surface area contributed by atoms with Gasteiger partial charge in [-0.15, -0.1) is 0 Å². The van der Waals surface area contributed by atoms with Crippen molar-refractivity contribution in [2.45, 2.75) is 32.5 Å². The third-order valence-corrected chi connectivity index (χ3v) is 5.00. The van der Waals surface area contributed by atoms with Gasteiger partial charge in [0.15, 0.2) is 23.4 Å². The smallest absolute Gasteiger partial charge is 0.333 e. The number of fused-ring (bicyclic) bond motifs is 2. The van der Waals surface area contributed by atoms with E-state index in [1.165, 1.54) is 13.8 Å². The van der Waals surface area contributed by atoms with Crippen molar-refractivity contribution in [3.05, 3.63) is 52.6 Å². The summed E-state index contributed by atoms with van der Waals surface area (Å²) in [6.07, 6.45) is -2.25. The van der Waals surface area contributed by atoms with Gasteiger partial charge in [-0.3, -0.25) is 14.4 Å². The van der Waals surface area contributed by atoms with Gasteiger partial charge in [0.05, 0.1) is 11.7 Å². The van der Waals surface area contributed by atoms with Crippen molar-refractivity contribution >= 4 is 34.3 Å². The van der Waals surface area contributed by atoms with Crippen LogP contribution in [0.15, 0.2) is 41.5 Å². The fourth-order valence-corrected chi connectivity index (χ4v) is 3.85. The van der Waals surface area contributed by atoms with E-state index in [1.807, 2.05) is 0 Å². The molecule has 2 atom stereocenters. The van der Waals surface area contributed by atoms with Crippen LogP contribution in [0.5, 0.6) is 5.75 Å². The topological polar surface area (TPSA) is 107 Å². The molecule has 1 N–H and O–H groups in total. The number of benzene rings is 2. The maximum atomic E-state index is 13.3. The summed E-state index contributed by atoms with van der Waals surface area (Å²) in [6, 6.07) is 8.54. The van der Waals surface area contributed by atoms with Gasteiger partial charge >= 0.3 is 11.9 Å². The lowest BCUT2D eigenvalue weighted by atomic mass is 9.77. The Morgan fingerprint density at radius 1 is 1.18 bits per heavy atom. The van der Waals surface area contributed by atoms with E-state index >= 15 is 0 Å². The molecule has 7 heteroatoms. The molecule has 2 aromatic carbocycles. The maximum Gasteiger partial charge on any atom is 0.333 e. The van der Waals surface area contributed by atoms with Gasteiger partial charge < -0.3 is 14.6 Å². The number of carboxylic acids is 1. The molecule has 1 aliphatic heterocycles. The summed E-state index contributed by atoms with van der Waals surface area (Å²) in [5.74, 6) is -2.69. The van der Waals surface area contributed by atoms with Crippen molar-refractivity contribution < 1.29 is 33.8 Å². The van der Waals surface area contributed by atoms with E-state index in [2.05, 4.69) is 0 Å². The highest BCUT2D eigenvalue weighted by Gasteiger charge is 2.43. The number of hydrogen-bond acceptors (Lipinski definition) is 6. The Morgan fingerprint density at radius 2 is 1.89 bits per heavy atom. The number of hydrogen-bond donors (Lipinski definition) is 1. The lowest BCUT2D eigenvalue weighted by molar-refractivity contribution is -0.153. The van der Waals surface area contributed by atoms with Gasteiger partial charge in [-0.1, -0.05) is 24.3 Å². The minimum atomic E-state index is -1.19. The standard InChI is InChI=1S/C21H16O7/c1-9-16-14(8-15(27-9)21(25)26)18(23)13-7-11-5-3-4-6-12(11)20(28-10(2)22)17(13)19(16)24/h3-7,9,15H,8H2,1-2H3,(H,25,26). The quantitative estimate of drug-likeness (QED) is 0.630. The number of esters is 1. The van der Waals surface area contributed by atoms with Crippen LogP contribution in [0.4, 0.5) is 0 Å². The molecule has 142 valence electrons. The van der Waals surface area contributed by atoms with Crippen LogP contribution in [-0.4, -0.2) is 40.8 Å². The van der Waals surface area contributed by atoms with Gasteiger partial charge in [0, 0.05) is 35.4 Å². The van der Waals surface area contributed by atoms with Crippen molar-refractivity contribution in [1.29, 1.82) is 0 Å². The number of ether oxygens (including phenoxy) is 2. The Bertz CT molecular complexity index is 1110. The van der Waals surface area contributed by atoms with Crippen LogP contribution in [0.2, 0.25) is 0 Å². The molecule has 0 bridgehead atoms. The Labute approximate surface area is 159 Å². The molecule has 7 nitrogen and oxygen atoms in total. The SMILES string of the molecule is CC(=O)Oc1c2c(cc3ccccc13)C(=O)C1=C(C2=O)C(C)OC(C(=O)O)C1. The average molecular weight is 380 g/mol. The zero-order chi connectivity index (χ0) is 20.2. The lowest BCUT2D eigenvalue weighted by Gasteiger charge is -2.33. The molecular weight excluding hydrogens is 364 g/mol. The Balaban J connectivity index is 1.99. The molecule has 0 fully saturated rings. The van der Waals surface area contributed by atoms with E-state index in [4.69, 9.17) is 9.47 Å². The first-order valence-electron chi connectivity index (χ1n) is 8.74. The van der Waals surface area contributed by atoms with Crippen molar-refractivity contribution in [3.8, 4) is 5.75 Å². The van der Waals surface area contributed by atoms with Crippen molar-refractivity contribution in [2.24, 2.45) is 0 Å². The highest BCUT2D eigenvalue weighted by atomic mass is 16.5. The second-order valence-electron chi connectivity index (χ2n) is 6.80. The van der Waals surface area contributed by atoms with E-state index in [9.17, 15) is 24.3 Å². The summed E-state index contributed by atoms with van der Waals surface area (Å²) in [5, 5.41) is 10.5. The Kier molecular flexibility index (Phi) is 4.12. The van der Waals surface area contributed by atoms with E-state index in [0.717, 1.165) is 0 Å². The molecule has 0 saturated carbocycles. The molecule has 1 heterocycles. The van der Waals surface area contributed by atoms with Crippen molar-refractivity contribution in [1.82, 2.24) is 0 Å². The highest BCUT2D eigenvalue weighted by molar-refractivity contribution is 6.30. The minimum absolute atomic E-state index is 0.0156. The summed E-state index contributed by atoms with van der Waals surface area (Å²) >= 11 is 0. The normalized spacial score (nSPS) is 21.4. The molecule has 0 amide bonds. The summed E-state index contributed by atoms with van der Waals surface area (Å²) < 4.78 is 10.8. The number of carbonyl (C=O) groups is 4. The summed E-state index contributed by atoms with van der Waals surface area (Å²) in [7, 11) is 0. The Hall–Kier alpha value is -3.32. The van der Waals surface area contributed by atoms with Crippen LogP contribution in [0.25, 0.3) is 10.8 Å². The number of carboxylic acid groups (broad SMARTS) is 1. The number of carbonyl (C=O) groups excluding carboxylic acids is 3. The third-order valence-electron chi connectivity index (χ3n) is 5.00. The predicted molar refractivity (Wildman–Crippen MR) is 97.5 cm³/mol. The highest BCUT2D eigenvalue weighted by Crippen LogP contribution is 2.42. The molecule has 2 unspecified atom stereocenters. The molecule has 0 radical (unpaired) electrons. The third kappa shape index (κ3) is 2.63. The summed E-state index contributed by atoms with van der Waals surface area (Å²) in [4.78, 5) is 49.5. The van der Waals surface area contributed by atoms with E-state index in [-0.39, 0.29) is 34.4 Å². The van der Waals surface area contributed by atoms with Crippen molar-refractivity contribution in [3.63, 3.8) is 0 Å². The van der Waals surface area contributed by atoms with Crippen molar-refractivity contribution in [2.75, 3.05) is 0 Å². The predicted octanol–water partition coefficient (Wildman–Crippen LogP) is 2.70. The second-order valence-corrected chi connectivity index (χ2v) is 6.80. The zero-order valence-corrected chi connectivity index (χ0v) is 15.1.